The molecule has 0 bridgehead atoms. The topological polar surface area (TPSA) is 38.5 Å². The zero-order valence-corrected chi connectivity index (χ0v) is 9.05. The zero-order chi connectivity index (χ0) is 9.90. The van der Waals surface area contributed by atoms with Crippen LogP contribution in [0.4, 0.5) is 0 Å². The minimum Gasteiger partial charge on any atom is -0.378 e. The SMILES string of the molecule is CC(C)CC1(CN)COCCN1C. The summed E-state index contributed by atoms with van der Waals surface area (Å²) in [6.45, 7) is 7.81. The van der Waals surface area contributed by atoms with Crippen molar-refractivity contribution >= 4 is 0 Å². The molecule has 1 fully saturated rings. The van der Waals surface area contributed by atoms with Crippen molar-refractivity contribution in [2.75, 3.05) is 33.4 Å². The van der Waals surface area contributed by atoms with Crippen LogP contribution in [0.1, 0.15) is 20.3 Å². The summed E-state index contributed by atoms with van der Waals surface area (Å²) in [7, 11) is 2.15. The van der Waals surface area contributed by atoms with Crippen LogP contribution in [0.5, 0.6) is 0 Å². The lowest BCUT2D eigenvalue weighted by Gasteiger charge is -2.45. The predicted molar refractivity (Wildman–Crippen MR) is 54.7 cm³/mol. The van der Waals surface area contributed by atoms with Crippen molar-refractivity contribution in [3.05, 3.63) is 0 Å². The molecule has 1 rings (SSSR count). The molecule has 0 saturated carbocycles. The average molecular weight is 186 g/mol. The average Bonchev–Trinajstić information content (AvgIpc) is 2.08. The quantitative estimate of drug-likeness (QED) is 0.705. The van der Waals surface area contributed by atoms with E-state index in [4.69, 9.17) is 10.5 Å². The molecule has 2 N–H and O–H groups in total. The lowest BCUT2D eigenvalue weighted by molar-refractivity contribution is -0.0604. The minimum absolute atomic E-state index is 0.0897. The Morgan fingerprint density at radius 2 is 2.23 bits per heavy atom. The Hall–Kier alpha value is -0.120. The van der Waals surface area contributed by atoms with Gasteiger partial charge in [-0.3, -0.25) is 4.90 Å². The first kappa shape index (κ1) is 11.0. The lowest BCUT2D eigenvalue weighted by Crippen LogP contribution is -2.59. The van der Waals surface area contributed by atoms with E-state index in [1.54, 1.807) is 0 Å². The fraction of sp³-hybridized carbons (Fsp3) is 1.00. The van der Waals surface area contributed by atoms with Crippen molar-refractivity contribution in [3.8, 4) is 0 Å². The van der Waals surface area contributed by atoms with Crippen LogP contribution in [-0.2, 0) is 4.74 Å². The predicted octanol–water partition coefficient (Wildman–Crippen LogP) is 0.692. The molecule has 0 spiro atoms. The van der Waals surface area contributed by atoms with Gasteiger partial charge in [0.05, 0.1) is 18.8 Å². The number of hydrogen-bond donors (Lipinski definition) is 1. The summed E-state index contributed by atoms with van der Waals surface area (Å²) in [5, 5.41) is 0. The second-order valence-electron chi connectivity index (χ2n) is 4.50. The Balaban J connectivity index is 2.64. The number of morpholine rings is 1. The van der Waals surface area contributed by atoms with E-state index in [0.717, 1.165) is 26.2 Å². The fourth-order valence-corrected chi connectivity index (χ4v) is 2.08. The number of likely N-dealkylation sites (N-methyl/N-ethyl adjacent to an activating group) is 1. The maximum atomic E-state index is 5.86. The first-order valence-electron chi connectivity index (χ1n) is 5.10. The Morgan fingerprint density at radius 1 is 1.54 bits per heavy atom. The Bertz CT molecular complexity index is 161. The number of ether oxygens (including phenoxy) is 1. The normalized spacial score (nSPS) is 31.2. The van der Waals surface area contributed by atoms with Crippen molar-refractivity contribution in [1.82, 2.24) is 4.90 Å². The van der Waals surface area contributed by atoms with E-state index >= 15 is 0 Å². The fourth-order valence-electron chi connectivity index (χ4n) is 2.08. The van der Waals surface area contributed by atoms with Crippen molar-refractivity contribution in [2.24, 2.45) is 11.7 Å². The van der Waals surface area contributed by atoms with Crippen molar-refractivity contribution < 1.29 is 4.74 Å². The molecule has 0 aromatic rings. The molecule has 1 atom stereocenters. The molecule has 13 heavy (non-hydrogen) atoms. The van der Waals surface area contributed by atoms with Gasteiger partial charge in [-0.15, -0.1) is 0 Å². The van der Waals surface area contributed by atoms with Crippen molar-refractivity contribution in [1.29, 1.82) is 0 Å². The van der Waals surface area contributed by atoms with E-state index in [1.807, 2.05) is 0 Å². The minimum atomic E-state index is 0.0897. The molecule has 3 nitrogen and oxygen atoms in total. The van der Waals surface area contributed by atoms with Gasteiger partial charge in [-0.2, -0.15) is 0 Å². The highest BCUT2D eigenvalue weighted by atomic mass is 16.5. The van der Waals surface area contributed by atoms with Gasteiger partial charge in [0.25, 0.3) is 0 Å². The molecule has 1 aliphatic heterocycles. The molecule has 3 heteroatoms. The summed E-state index contributed by atoms with van der Waals surface area (Å²) in [4.78, 5) is 2.36. The summed E-state index contributed by atoms with van der Waals surface area (Å²) in [6.07, 6.45) is 1.12. The first-order chi connectivity index (χ1) is 6.10. The lowest BCUT2D eigenvalue weighted by atomic mass is 9.87. The Labute approximate surface area is 81.2 Å². The third-order valence-corrected chi connectivity index (χ3v) is 2.92. The molecular formula is C10H22N2O. The van der Waals surface area contributed by atoms with Crippen molar-refractivity contribution in [2.45, 2.75) is 25.8 Å². The monoisotopic (exact) mass is 186 g/mol. The van der Waals surface area contributed by atoms with Crippen LogP contribution >= 0.6 is 0 Å². The maximum absolute atomic E-state index is 5.86. The summed E-state index contributed by atoms with van der Waals surface area (Å²) in [5.41, 5.74) is 5.94. The first-order valence-corrected chi connectivity index (χ1v) is 5.10. The van der Waals surface area contributed by atoms with Crippen LogP contribution in [0.2, 0.25) is 0 Å². The third-order valence-electron chi connectivity index (χ3n) is 2.92. The molecule has 78 valence electrons. The molecule has 0 amide bonds. The second-order valence-corrected chi connectivity index (χ2v) is 4.50. The molecule has 0 aromatic carbocycles. The van der Waals surface area contributed by atoms with E-state index in [0.29, 0.717) is 12.5 Å². The van der Waals surface area contributed by atoms with Gasteiger partial charge in [0.2, 0.25) is 0 Å². The third kappa shape index (κ3) is 2.42. The molecule has 0 aliphatic carbocycles. The van der Waals surface area contributed by atoms with Gasteiger partial charge in [-0.1, -0.05) is 13.8 Å². The number of nitrogens with two attached hydrogens (primary N) is 1. The van der Waals surface area contributed by atoms with Crippen LogP contribution in [-0.4, -0.2) is 43.8 Å². The number of rotatable bonds is 3. The Kier molecular flexibility index (Phi) is 3.71. The van der Waals surface area contributed by atoms with Gasteiger partial charge in [0.15, 0.2) is 0 Å². The highest BCUT2D eigenvalue weighted by Gasteiger charge is 2.36. The molecular weight excluding hydrogens is 164 g/mol. The molecule has 1 heterocycles. The van der Waals surface area contributed by atoms with Crippen LogP contribution in [0.15, 0.2) is 0 Å². The highest BCUT2D eigenvalue weighted by molar-refractivity contribution is 4.93. The van der Waals surface area contributed by atoms with Gasteiger partial charge in [-0.25, -0.2) is 0 Å². The van der Waals surface area contributed by atoms with Gasteiger partial charge in [0, 0.05) is 13.1 Å². The van der Waals surface area contributed by atoms with E-state index < -0.39 is 0 Å². The smallest absolute Gasteiger partial charge is 0.0663 e. The van der Waals surface area contributed by atoms with Crippen LogP contribution in [0.3, 0.4) is 0 Å². The maximum Gasteiger partial charge on any atom is 0.0663 e. The van der Waals surface area contributed by atoms with Gasteiger partial charge >= 0.3 is 0 Å². The highest BCUT2D eigenvalue weighted by Crippen LogP contribution is 2.25. The van der Waals surface area contributed by atoms with Crippen LogP contribution in [0.25, 0.3) is 0 Å². The largest absolute Gasteiger partial charge is 0.378 e. The summed E-state index contributed by atoms with van der Waals surface area (Å²) in [5.74, 6) is 0.674. The summed E-state index contributed by atoms with van der Waals surface area (Å²) < 4.78 is 5.53. The molecule has 1 unspecified atom stereocenters. The van der Waals surface area contributed by atoms with Gasteiger partial charge in [-0.05, 0) is 19.4 Å². The summed E-state index contributed by atoms with van der Waals surface area (Å²) in [6, 6.07) is 0. The molecule has 1 aliphatic rings. The Morgan fingerprint density at radius 3 is 2.69 bits per heavy atom. The van der Waals surface area contributed by atoms with E-state index in [-0.39, 0.29) is 5.54 Å². The van der Waals surface area contributed by atoms with E-state index in [1.165, 1.54) is 0 Å². The van der Waals surface area contributed by atoms with E-state index in [9.17, 15) is 0 Å². The summed E-state index contributed by atoms with van der Waals surface area (Å²) >= 11 is 0. The number of hydrogen-bond acceptors (Lipinski definition) is 3. The molecule has 1 saturated heterocycles. The van der Waals surface area contributed by atoms with Crippen LogP contribution in [0, 0.1) is 5.92 Å². The second kappa shape index (κ2) is 4.40. The standard InChI is InChI=1S/C10H22N2O/c1-9(2)6-10(7-11)8-13-5-4-12(10)3/h9H,4-8,11H2,1-3H3. The molecule has 0 radical (unpaired) electrons. The van der Waals surface area contributed by atoms with Gasteiger partial charge < -0.3 is 10.5 Å². The molecule has 0 aromatic heterocycles. The number of nitrogens with zero attached hydrogens (tertiary/aromatic N) is 1. The van der Waals surface area contributed by atoms with Crippen molar-refractivity contribution in [3.63, 3.8) is 0 Å². The van der Waals surface area contributed by atoms with E-state index in [2.05, 4.69) is 25.8 Å². The zero-order valence-electron chi connectivity index (χ0n) is 9.05. The van der Waals surface area contributed by atoms with Crippen LogP contribution < -0.4 is 5.73 Å². The van der Waals surface area contributed by atoms with Gasteiger partial charge in [0.1, 0.15) is 0 Å².